The maximum Gasteiger partial charge on any atom is 0.307 e. The number of hydrogen-bond donors (Lipinski definition) is 1. The summed E-state index contributed by atoms with van der Waals surface area (Å²) < 4.78 is 15.7. The molecule has 7 heteroatoms. The first-order valence-corrected chi connectivity index (χ1v) is 9.18. The van der Waals surface area contributed by atoms with E-state index in [1.54, 1.807) is 36.9 Å². The topological polar surface area (TPSA) is 73.9 Å². The average Bonchev–Trinajstić information content (AvgIpc) is 3.10. The fourth-order valence-corrected chi connectivity index (χ4v) is 3.15. The van der Waals surface area contributed by atoms with Crippen molar-refractivity contribution in [2.24, 2.45) is 0 Å². The van der Waals surface area contributed by atoms with E-state index in [1.165, 1.54) is 0 Å². The smallest absolute Gasteiger partial charge is 0.307 e. The summed E-state index contributed by atoms with van der Waals surface area (Å²) in [6, 6.07) is 14.9. The number of carbonyl (C=O) groups is 2. The van der Waals surface area contributed by atoms with Crippen LogP contribution in [0.25, 0.3) is 0 Å². The Kier molecular flexibility index (Phi) is 6.01. The summed E-state index contributed by atoms with van der Waals surface area (Å²) in [7, 11) is 0. The molecule has 2 aromatic rings. The summed E-state index contributed by atoms with van der Waals surface area (Å²) in [6.45, 7) is 1.71. The fraction of sp³-hybridized carbons (Fsp3) is 0.263. The Morgan fingerprint density at radius 3 is 2.73 bits per heavy atom. The van der Waals surface area contributed by atoms with E-state index in [0.717, 1.165) is 4.90 Å². The highest BCUT2D eigenvalue weighted by atomic mass is 32.2. The summed E-state index contributed by atoms with van der Waals surface area (Å²) in [6.07, 6.45) is -0.643. The molecule has 6 nitrogen and oxygen atoms in total. The molecule has 3 rings (SSSR count). The van der Waals surface area contributed by atoms with Crippen LogP contribution in [-0.2, 0) is 14.3 Å². The Morgan fingerprint density at radius 2 is 1.92 bits per heavy atom. The normalized spacial score (nSPS) is 13.1. The van der Waals surface area contributed by atoms with Gasteiger partial charge in [-0.05, 0) is 31.2 Å². The molecule has 26 heavy (non-hydrogen) atoms. The monoisotopic (exact) mass is 373 g/mol. The first kappa shape index (κ1) is 18.1. The molecule has 0 spiro atoms. The van der Waals surface area contributed by atoms with Gasteiger partial charge in [0, 0.05) is 22.4 Å². The van der Waals surface area contributed by atoms with E-state index >= 15 is 0 Å². The van der Waals surface area contributed by atoms with Crippen molar-refractivity contribution >= 4 is 29.3 Å². The maximum atomic E-state index is 12.2. The molecule has 0 fully saturated rings. The van der Waals surface area contributed by atoms with E-state index in [0.29, 0.717) is 22.9 Å². The van der Waals surface area contributed by atoms with Crippen molar-refractivity contribution < 1.29 is 23.8 Å². The molecular weight excluding hydrogens is 354 g/mol. The summed E-state index contributed by atoms with van der Waals surface area (Å²) in [5.74, 6) is 1.01. The number of rotatable bonds is 7. The van der Waals surface area contributed by atoms with E-state index in [9.17, 15) is 9.59 Å². The van der Waals surface area contributed by atoms with Crippen LogP contribution in [-0.4, -0.2) is 30.5 Å². The molecule has 1 heterocycles. The zero-order valence-corrected chi connectivity index (χ0v) is 15.1. The van der Waals surface area contributed by atoms with Gasteiger partial charge in [0.25, 0.3) is 5.91 Å². The molecule has 0 saturated carbocycles. The second-order valence-corrected chi connectivity index (χ2v) is 6.77. The number of fused-ring (bicyclic) bond motifs is 1. The molecule has 1 atom stereocenters. The number of ether oxygens (including phenoxy) is 3. The number of hydrogen-bond acceptors (Lipinski definition) is 6. The fourth-order valence-electron chi connectivity index (χ4n) is 2.30. The van der Waals surface area contributed by atoms with Crippen molar-refractivity contribution in [3.8, 4) is 11.5 Å². The van der Waals surface area contributed by atoms with E-state index in [2.05, 4.69) is 5.32 Å². The van der Waals surface area contributed by atoms with Crippen molar-refractivity contribution in [2.45, 2.75) is 24.3 Å². The standard InChI is InChI=1S/C19H19NO5S/c1-13(25-18(21)9-10-26-15-5-3-2-4-6-15)19(22)20-14-7-8-16-17(11-14)24-12-23-16/h2-8,11,13H,9-10,12H2,1H3,(H,20,22)/t13-/m0/s1. The third kappa shape index (κ3) is 4.92. The van der Waals surface area contributed by atoms with Crippen LogP contribution in [0.4, 0.5) is 5.69 Å². The summed E-state index contributed by atoms with van der Waals surface area (Å²) in [4.78, 5) is 25.2. The average molecular weight is 373 g/mol. The van der Waals surface area contributed by atoms with Gasteiger partial charge in [0.05, 0.1) is 6.42 Å². The minimum atomic E-state index is -0.880. The van der Waals surface area contributed by atoms with Crippen molar-refractivity contribution in [3.63, 3.8) is 0 Å². The summed E-state index contributed by atoms with van der Waals surface area (Å²) >= 11 is 1.57. The first-order chi connectivity index (χ1) is 12.6. The predicted molar refractivity (Wildman–Crippen MR) is 98.5 cm³/mol. The lowest BCUT2D eigenvalue weighted by Crippen LogP contribution is -2.30. The second kappa shape index (κ2) is 8.62. The lowest BCUT2D eigenvalue weighted by atomic mass is 10.2. The van der Waals surface area contributed by atoms with Gasteiger partial charge in [0.15, 0.2) is 17.6 Å². The molecule has 1 amide bonds. The zero-order valence-electron chi connectivity index (χ0n) is 14.3. The number of carbonyl (C=O) groups excluding carboxylic acids is 2. The van der Waals surface area contributed by atoms with E-state index in [4.69, 9.17) is 14.2 Å². The molecule has 0 saturated heterocycles. The molecule has 0 aliphatic carbocycles. The highest BCUT2D eigenvalue weighted by Gasteiger charge is 2.19. The third-order valence-corrected chi connectivity index (χ3v) is 4.65. The Bertz CT molecular complexity index is 781. The minimum Gasteiger partial charge on any atom is -0.454 e. The number of esters is 1. The molecule has 0 bridgehead atoms. The van der Waals surface area contributed by atoms with Crippen LogP contribution in [0.3, 0.4) is 0 Å². The van der Waals surface area contributed by atoms with Gasteiger partial charge in [-0.15, -0.1) is 11.8 Å². The van der Waals surface area contributed by atoms with Crippen LogP contribution in [0.15, 0.2) is 53.4 Å². The molecular formula is C19H19NO5S. The van der Waals surface area contributed by atoms with Gasteiger partial charge in [-0.2, -0.15) is 0 Å². The summed E-state index contributed by atoms with van der Waals surface area (Å²) in [5.41, 5.74) is 0.557. The second-order valence-electron chi connectivity index (χ2n) is 5.60. The molecule has 0 aromatic heterocycles. The largest absolute Gasteiger partial charge is 0.454 e. The van der Waals surface area contributed by atoms with Crippen molar-refractivity contribution in [3.05, 3.63) is 48.5 Å². The molecule has 0 unspecified atom stereocenters. The van der Waals surface area contributed by atoms with E-state index < -0.39 is 18.0 Å². The van der Waals surface area contributed by atoms with Gasteiger partial charge in [-0.25, -0.2) is 0 Å². The number of nitrogens with one attached hydrogen (secondary N) is 1. The van der Waals surface area contributed by atoms with Gasteiger partial charge in [0.1, 0.15) is 0 Å². The van der Waals surface area contributed by atoms with E-state index in [-0.39, 0.29) is 13.2 Å². The first-order valence-electron chi connectivity index (χ1n) is 8.19. The molecule has 1 N–H and O–H groups in total. The summed E-state index contributed by atoms with van der Waals surface area (Å²) in [5, 5.41) is 2.70. The van der Waals surface area contributed by atoms with Gasteiger partial charge >= 0.3 is 5.97 Å². The van der Waals surface area contributed by atoms with Crippen LogP contribution in [0.2, 0.25) is 0 Å². The van der Waals surface area contributed by atoms with E-state index in [1.807, 2.05) is 30.3 Å². The number of anilines is 1. The molecule has 1 aliphatic rings. The molecule has 1 aliphatic heterocycles. The van der Waals surface area contributed by atoms with Crippen LogP contribution in [0, 0.1) is 0 Å². The maximum absolute atomic E-state index is 12.2. The Labute approximate surface area is 155 Å². The number of benzene rings is 2. The van der Waals surface area contributed by atoms with Crippen LogP contribution in [0.5, 0.6) is 11.5 Å². The minimum absolute atomic E-state index is 0.168. The Balaban J connectivity index is 1.42. The van der Waals surface area contributed by atoms with Gasteiger partial charge in [0.2, 0.25) is 6.79 Å². The Morgan fingerprint density at radius 1 is 1.15 bits per heavy atom. The SMILES string of the molecule is C[C@H](OC(=O)CCSc1ccccc1)C(=O)Nc1ccc2c(c1)OCO2. The quantitative estimate of drug-likeness (QED) is 0.592. The van der Waals surface area contributed by atoms with Crippen molar-refractivity contribution in [1.29, 1.82) is 0 Å². The van der Waals surface area contributed by atoms with Gasteiger partial charge in [-0.3, -0.25) is 9.59 Å². The lowest BCUT2D eigenvalue weighted by Gasteiger charge is -2.13. The van der Waals surface area contributed by atoms with Crippen molar-refractivity contribution in [2.75, 3.05) is 17.9 Å². The highest BCUT2D eigenvalue weighted by molar-refractivity contribution is 7.99. The van der Waals surface area contributed by atoms with Crippen LogP contribution < -0.4 is 14.8 Å². The van der Waals surface area contributed by atoms with Crippen LogP contribution in [0.1, 0.15) is 13.3 Å². The zero-order chi connectivity index (χ0) is 18.4. The van der Waals surface area contributed by atoms with Crippen molar-refractivity contribution in [1.82, 2.24) is 0 Å². The predicted octanol–water partition coefficient (Wildman–Crippen LogP) is 3.47. The lowest BCUT2D eigenvalue weighted by molar-refractivity contribution is -0.152. The molecule has 136 valence electrons. The number of amides is 1. The highest BCUT2D eigenvalue weighted by Crippen LogP contribution is 2.34. The third-order valence-electron chi connectivity index (χ3n) is 3.64. The molecule has 2 aromatic carbocycles. The van der Waals surface area contributed by atoms with Gasteiger partial charge < -0.3 is 19.5 Å². The van der Waals surface area contributed by atoms with Crippen LogP contribution >= 0.6 is 11.8 Å². The molecule has 0 radical (unpaired) electrons. The number of thioether (sulfide) groups is 1. The Hall–Kier alpha value is -2.67. The van der Waals surface area contributed by atoms with Gasteiger partial charge in [-0.1, -0.05) is 18.2 Å².